The number of allylic oxidation sites excluding steroid dienone is 1. The third-order valence-electron chi connectivity index (χ3n) is 4.83. The standard InChI is InChI=1S/C19H25N5O3/c1-13-16(14(2)24-19(23-13)21-12-22-24)10-18(26)27-11-17(25)20-9-8-15-6-4-3-5-7-15/h6,12H,3-5,7-11H2,1-2H3,(H,20,25). The van der Waals surface area contributed by atoms with Gasteiger partial charge in [0.2, 0.25) is 0 Å². The van der Waals surface area contributed by atoms with E-state index in [1.54, 1.807) is 4.52 Å². The molecule has 27 heavy (non-hydrogen) atoms. The molecular formula is C19H25N5O3. The molecule has 3 rings (SSSR count). The summed E-state index contributed by atoms with van der Waals surface area (Å²) in [5, 5.41) is 6.90. The van der Waals surface area contributed by atoms with Gasteiger partial charge in [-0.15, -0.1) is 0 Å². The number of aromatic nitrogens is 4. The Hall–Kier alpha value is -2.77. The van der Waals surface area contributed by atoms with Crippen LogP contribution in [0.4, 0.5) is 0 Å². The number of esters is 1. The number of amides is 1. The molecule has 1 N–H and O–H groups in total. The molecule has 0 saturated heterocycles. The second kappa shape index (κ2) is 8.75. The van der Waals surface area contributed by atoms with Crippen LogP contribution in [0.1, 0.15) is 49.1 Å². The van der Waals surface area contributed by atoms with Gasteiger partial charge in [0.05, 0.1) is 6.42 Å². The summed E-state index contributed by atoms with van der Waals surface area (Å²) in [7, 11) is 0. The summed E-state index contributed by atoms with van der Waals surface area (Å²) < 4.78 is 6.70. The molecule has 0 bridgehead atoms. The lowest BCUT2D eigenvalue weighted by atomic mass is 9.97. The molecule has 8 nitrogen and oxygen atoms in total. The van der Waals surface area contributed by atoms with Crippen LogP contribution in [0.3, 0.4) is 0 Å². The van der Waals surface area contributed by atoms with Crippen molar-refractivity contribution in [3.63, 3.8) is 0 Å². The van der Waals surface area contributed by atoms with E-state index < -0.39 is 5.97 Å². The quantitative estimate of drug-likeness (QED) is 0.589. The number of hydrogen-bond acceptors (Lipinski definition) is 6. The van der Waals surface area contributed by atoms with E-state index in [9.17, 15) is 9.59 Å². The second-order valence-electron chi connectivity index (χ2n) is 6.78. The summed E-state index contributed by atoms with van der Waals surface area (Å²) in [6.07, 6.45) is 9.32. The summed E-state index contributed by atoms with van der Waals surface area (Å²) in [6, 6.07) is 0. The average molecular weight is 371 g/mol. The van der Waals surface area contributed by atoms with E-state index in [0.717, 1.165) is 30.5 Å². The molecule has 0 aliphatic heterocycles. The average Bonchev–Trinajstić information content (AvgIpc) is 3.13. The molecule has 0 atom stereocenters. The molecule has 0 radical (unpaired) electrons. The Balaban J connectivity index is 1.45. The first-order valence-electron chi connectivity index (χ1n) is 9.30. The Kier molecular flexibility index (Phi) is 6.16. The molecule has 0 fully saturated rings. The first kappa shape index (κ1) is 19.0. The smallest absolute Gasteiger partial charge is 0.310 e. The van der Waals surface area contributed by atoms with Crippen molar-refractivity contribution in [2.75, 3.05) is 13.2 Å². The van der Waals surface area contributed by atoms with Crippen molar-refractivity contribution in [1.82, 2.24) is 24.9 Å². The van der Waals surface area contributed by atoms with Crippen molar-refractivity contribution in [1.29, 1.82) is 0 Å². The predicted octanol–water partition coefficient (Wildman–Crippen LogP) is 1.83. The number of hydrogen-bond donors (Lipinski definition) is 1. The fourth-order valence-electron chi connectivity index (χ4n) is 3.30. The molecule has 1 aliphatic rings. The van der Waals surface area contributed by atoms with Crippen LogP contribution in [0, 0.1) is 13.8 Å². The Bertz CT molecular complexity index is 872. The highest BCUT2D eigenvalue weighted by Gasteiger charge is 2.16. The lowest BCUT2D eigenvalue weighted by Crippen LogP contribution is -2.30. The van der Waals surface area contributed by atoms with Crippen LogP contribution in [0.2, 0.25) is 0 Å². The van der Waals surface area contributed by atoms with Gasteiger partial charge in [-0.05, 0) is 46.0 Å². The summed E-state index contributed by atoms with van der Waals surface area (Å²) in [5.74, 6) is -0.250. The highest BCUT2D eigenvalue weighted by atomic mass is 16.5. The summed E-state index contributed by atoms with van der Waals surface area (Å²) in [4.78, 5) is 32.4. The van der Waals surface area contributed by atoms with E-state index in [4.69, 9.17) is 4.74 Å². The molecule has 2 aromatic heterocycles. The maximum absolute atomic E-state index is 12.1. The third kappa shape index (κ3) is 4.90. The van der Waals surface area contributed by atoms with Crippen LogP contribution in [-0.2, 0) is 20.7 Å². The van der Waals surface area contributed by atoms with Crippen molar-refractivity contribution in [3.8, 4) is 0 Å². The SMILES string of the molecule is Cc1nc2ncnn2c(C)c1CC(=O)OCC(=O)NCCC1=CCCCC1. The minimum atomic E-state index is -0.465. The van der Waals surface area contributed by atoms with Gasteiger partial charge in [-0.1, -0.05) is 11.6 Å². The van der Waals surface area contributed by atoms with Crippen LogP contribution < -0.4 is 5.32 Å². The lowest BCUT2D eigenvalue weighted by Gasteiger charge is -2.13. The number of carbonyl (C=O) groups excluding carboxylic acids is 2. The largest absolute Gasteiger partial charge is 0.455 e. The van der Waals surface area contributed by atoms with Crippen molar-refractivity contribution in [2.45, 2.75) is 52.4 Å². The first-order valence-corrected chi connectivity index (χ1v) is 9.30. The topological polar surface area (TPSA) is 98.5 Å². The zero-order chi connectivity index (χ0) is 19.2. The van der Waals surface area contributed by atoms with Crippen molar-refractivity contribution >= 4 is 17.7 Å². The van der Waals surface area contributed by atoms with Crippen LogP contribution >= 0.6 is 0 Å². The molecule has 144 valence electrons. The van der Waals surface area contributed by atoms with E-state index in [-0.39, 0.29) is 18.9 Å². The van der Waals surface area contributed by atoms with E-state index in [1.165, 1.54) is 24.7 Å². The molecule has 2 aromatic rings. The molecule has 2 heterocycles. The summed E-state index contributed by atoms with van der Waals surface area (Å²) in [6.45, 7) is 3.98. The maximum atomic E-state index is 12.1. The van der Waals surface area contributed by atoms with E-state index in [1.807, 2.05) is 13.8 Å². The molecule has 1 aliphatic carbocycles. The number of nitrogens with one attached hydrogen (secondary N) is 1. The number of nitrogens with zero attached hydrogens (tertiary/aromatic N) is 4. The van der Waals surface area contributed by atoms with Gasteiger partial charge >= 0.3 is 5.97 Å². The Morgan fingerprint density at radius 2 is 2.15 bits per heavy atom. The molecule has 0 aromatic carbocycles. The number of rotatable bonds is 7. The number of carbonyl (C=O) groups is 2. The van der Waals surface area contributed by atoms with Gasteiger partial charge in [-0.25, -0.2) is 9.50 Å². The van der Waals surface area contributed by atoms with E-state index in [2.05, 4.69) is 26.5 Å². The minimum absolute atomic E-state index is 0.0423. The second-order valence-corrected chi connectivity index (χ2v) is 6.78. The van der Waals surface area contributed by atoms with Crippen LogP contribution in [0.5, 0.6) is 0 Å². The number of fused-ring (bicyclic) bond motifs is 1. The maximum Gasteiger partial charge on any atom is 0.310 e. The van der Waals surface area contributed by atoms with Gasteiger partial charge in [0.25, 0.3) is 11.7 Å². The molecular weight excluding hydrogens is 346 g/mol. The third-order valence-corrected chi connectivity index (χ3v) is 4.83. The zero-order valence-electron chi connectivity index (χ0n) is 15.8. The molecule has 0 spiro atoms. The molecule has 8 heteroatoms. The van der Waals surface area contributed by atoms with Gasteiger partial charge in [0, 0.05) is 23.5 Å². The van der Waals surface area contributed by atoms with Crippen LogP contribution in [-0.4, -0.2) is 44.6 Å². The highest BCUT2D eigenvalue weighted by molar-refractivity contribution is 5.81. The monoisotopic (exact) mass is 371 g/mol. The fourth-order valence-corrected chi connectivity index (χ4v) is 3.30. The van der Waals surface area contributed by atoms with Crippen molar-refractivity contribution < 1.29 is 14.3 Å². The first-order chi connectivity index (χ1) is 13.0. The van der Waals surface area contributed by atoms with Crippen LogP contribution in [0.15, 0.2) is 18.0 Å². The molecule has 0 unspecified atom stereocenters. The van der Waals surface area contributed by atoms with Gasteiger partial charge < -0.3 is 10.1 Å². The van der Waals surface area contributed by atoms with E-state index >= 15 is 0 Å². The van der Waals surface area contributed by atoms with E-state index in [0.29, 0.717) is 18.0 Å². The zero-order valence-corrected chi connectivity index (χ0v) is 15.8. The van der Waals surface area contributed by atoms with Crippen molar-refractivity contribution in [2.24, 2.45) is 0 Å². The van der Waals surface area contributed by atoms with Crippen molar-refractivity contribution in [3.05, 3.63) is 34.9 Å². The fraction of sp³-hybridized carbons (Fsp3) is 0.526. The summed E-state index contributed by atoms with van der Waals surface area (Å²) in [5.41, 5.74) is 3.63. The van der Waals surface area contributed by atoms with Gasteiger partial charge in [-0.2, -0.15) is 10.1 Å². The normalized spacial score (nSPS) is 14.1. The Morgan fingerprint density at radius 1 is 1.30 bits per heavy atom. The van der Waals surface area contributed by atoms with Gasteiger partial charge in [0.15, 0.2) is 6.61 Å². The summed E-state index contributed by atoms with van der Waals surface area (Å²) >= 11 is 0. The van der Waals surface area contributed by atoms with Gasteiger partial charge in [0.1, 0.15) is 6.33 Å². The van der Waals surface area contributed by atoms with Crippen LogP contribution in [0.25, 0.3) is 5.78 Å². The lowest BCUT2D eigenvalue weighted by molar-refractivity contribution is -0.147. The van der Waals surface area contributed by atoms with Gasteiger partial charge in [-0.3, -0.25) is 9.59 Å². The highest BCUT2D eigenvalue weighted by Crippen LogP contribution is 2.19. The number of aryl methyl sites for hydroxylation is 2. The number of ether oxygens (including phenoxy) is 1. The Morgan fingerprint density at radius 3 is 2.93 bits per heavy atom. The molecule has 0 saturated carbocycles. The Labute approximate surface area is 158 Å². The predicted molar refractivity (Wildman–Crippen MR) is 99.1 cm³/mol. The molecule has 1 amide bonds. The minimum Gasteiger partial charge on any atom is -0.455 e.